The van der Waals surface area contributed by atoms with Gasteiger partial charge in [0, 0.05) is 22.0 Å². The van der Waals surface area contributed by atoms with E-state index in [1.165, 1.54) is 6.07 Å². The van der Waals surface area contributed by atoms with Crippen LogP contribution in [0.25, 0.3) is 0 Å². The van der Waals surface area contributed by atoms with Gasteiger partial charge in [-0.15, -0.1) is 0 Å². The molecule has 94 valence electrons. The van der Waals surface area contributed by atoms with Crippen LogP contribution in [0.3, 0.4) is 0 Å². The number of rotatable bonds is 3. The van der Waals surface area contributed by atoms with Crippen LogP contribution in [0.5, 0.6) is 0 Å². The molecule has 0 amide bonds. The highest BCUT2D eigenvalue weighted by Gasteiger charge is 2.24. The Morgan fingerprint density at radius 3 is 2.82 bits per heavy atom. The SMILES string of the molecule is Nc1ccc(S(=O)(=O)NC2CCSC2)c(Br)c1. The molecule has 0 saturated carbocycles. The summed E-state index contributed by atoms with van der Waals surface area (Å²) in [7, 11) is -3.46. The highest BCUT2D eigenvalue weighted by molar-refractivity contribution is 9.10. The summed E-state index contributed by atoms with van der Waals surface area (Å²) in [5.41, 5.74) is 6.12. The molecule has 0 spiro atoms. The summed E-state index contributed by atoms with van der Waals surface area (Å²) in [5.74, 6) is 1.85. The molecule has 1 atom stereocenters. The van der Waals surface area contributed by atoms with Crippen molar-refractivity contribution >= 4 is 43.4 Å². The van der Waals surface area contributed by atoms with E-state index in [9.17, 15) is 8.42 Å². The van der Waals surface area contributed by atoms with E-state index >= 15 is 0 Å². The Balaban J connectivity index is 2.24. The lowest BCUT2D eigenvalue weighted by molar-refractivity contribution is 0.562. The average Bonchev–Trinajstić information content (AvgIpc) is 2.68. The van der Waals surface area contributed by atoms with Crippen LogP contribution in [0.1, 0.15) is 6.42 Å². The molecule has 1 heterocycles. The quantitative estimate of drug-likeness (QED) is 0.826. The highest BCUT2D eigenvalue weighted by atomic mass is 79.9. The number of nitrogen functional groups attached to an aromatic ring is 1. The summed E-state index contributed by atoms with van der Waals surface area (Å²) < 4.78 is 27.5. The zero-order valence-electron chi connectivity index (χ0n) is 9.02. The van der Waals surface area contributed by atoms with Gasteiger partial charge in [0.1, 0.15) is 0 Å². The Hall–Kier alpha value is -0.240. The number of halogens is 1. The minimum Gasteiger partial charge on any atom is -0.399 e. The van der Waals surface area contributed by atoms with Gasteiger partial charge in [-0.3, -0.25) is 0 Å². The maximum atomic E-state index is 12.1. The van der Waals surface area contributed by atoms with Crippen LogP contribution in [0.2, 0.25) is 0 Å². The van der Waals surface area contributed by atoms with Gasteiger partial charge in [-0.05, 0) is 46.3 Å². The Kier molecular flexibility index (Phi) is 4.02. The summed E-state index contributed by atoms with van der Waals surface area (Å²) in [6, 6.07) is 4.74. The van der Waals surface area contributed by atoms with Crippen LogP contribution in [-0.4, -0.2) is 26.0 Å². The third kappa shape index (κ3) is 3.15. The molecule has 1 saturated heterocycles. The number of benzene rings is 1. The lowest BCUT2D eigenvalue weighted by Crippen LogP contribution is -2.34. The number of nitrogens with two attached hydrogens (primary N) is 1. The first-order valence-corrected chi connectivity index (χ1v) is 8.57. The molecule has 1 unspecified atom stereocenters. The van der Waals surface area contributed by atoms with Gasteiger partial charge in [-0.1, -0.05) is 0 Å². The molecule has 7 heteroatoms. The molecule has 1 aliphatic heterocycles. The van der Waals surface area contributed by atoms with Gasteiger partial charge in [-0.25, -0.2) is 13.1 Å². The Labute approximate surface area is 114 Å². The van der Waals surface area contributed by atoms with Crippen LogP contribution in [-0.2, 0) is 10.0 Å². The first kappa shape index (κ1) is 13.2. The Morgan fingerprint density at radius 2 is 2.24 bits per heavy atom. The first-order chi connectivity index (χ1) is 7.99. The van der Waals surface area contributed by atoms with Crippen molar-refractivity contribution in [2.45, 2.75) is 17.4 Å². The minimum absolute atomic E-state index is 0.0365. The standard InChI is InChI=1S/C10H13BrN2O2S2/c11-9-5-7(12)1-2-10(9)17(14,15)13-8-3-4-16-6-8/h1-2,5,8,13H,3-4,6,12H2. The minimum atomic E-state index is -3.46. The first-order valence-electron chi connectivity index (χ1n) is 5.14. The molecule has 1 fully saturated rings. The second-order valence-electron chi connectivity index (χ2n) is 3.87. The number of anilines is 1. The van der Waals surface area contributed by atoms with Gasteiger partial charge < -0.3 is 5.73 Å². The summed E-state index contributed by atoms with van der Waals surface area (Å²) in [6.07, 6.45) is 0.885. The monoisotopic (exact) mass is 336 g/mol. The Bertz CT molecular complexity index is 513. The van der Waals surface area contributed by atoms with Gasteiger partial charge in [-0.2, -0.15) is 11.8 Å². The molecule has 17 heavy (non-hydrogen) atoms. The molecule has 2 rings (SSSR count). The predicted octanol–water partition coefficient (Wildman–Crippen LogP) is 1.82. The van der Waals surface area contributed by atoms with E-state index in [2.05, 4.69) is 20.7 Å². The number of hydrogen-bond donors (Lipinski definition) is 2. The zero-order chi connectivity index (χ0) is 12.5. The van der Waals surface area contributed by atoms with Crippen molar-refractivity contribution in [1.29, 1.82) is 0 Å². The molecule has 3 N–H and O–H groups in total. The fourth-order valence-corrected chi connectivity index (χ4v) is 5.27. The van der Waals surface area contributed by atoms with Crippen molar-refractivity contribution in [3.63, 3.8) is 0 Å². The maximum Gasteiger partial charge on any atom is 0.241 e. The number of sulfonamides is 1. The van der Waals surface area contributed by atoms with Crippen LogP contribution >= 0.6 is 27.7 Å². The van der Waals surface area contributed by atoms with Crippen LogP contribution in [0.15, 0.2) is 27.6 Å². The van der Waals surface area contributed by atoms with Gasteiger partial charge in [0.2, 0.25) is 10.0 Å². The molecular weight excluding hydrogens is 324 g/mol. The second kappa shape index (κ2) is 5.17. The van der Waals surface area contributed by atoms with Crippen molar-refractivity contribution in [2.24, 2.45) is 0 Å². The van der Waals surface area contributed by atoms with Crippen molar-refractivity contribution in [3.8, 4) is 0 Å². The number of thioether (sulfide) groups is 1. The van der Waals surface area contributed by atoms with Crippen LogP contribution in [0.4, 0.5) is 5.69 Å². The summed E-state index contributed by atoms with van der Waals surface area (Å²) in [4.78, 5) is 0.239. The molecule has 0 aliphatic carbocycles. The van der Waals surface area contributed by atoms with E-state index in [4.69, 9.17) is 5.73 Å². The molecular formula is C10H13BrN2O2S2. The molecule has 0 aromatic heterocycles. The van der Waals surface area contributed by atoms with Crippen LogP contribution in [0, 0.1) is 0 Å². The topological polar surface area (TPSA) is 72.2 Å². The largest absolute Gasteiger partial charge is 0.399 e. The van der Waals surface area contributed by atoms with Gasteiger partial charge in [0.15, 0.2) is 0 Å². The average molecular weight is 337 g/mol. The molecule has 0 bridgehead atoms. The smallest absolute Gasteiger partial charge is 0.241 e. The lowest BCUT2D eigenvalue weighted by Gasteiger charge is -2.13. The van der Waals surface area contributed by atoms with Crippen molar-refractivity contribution in [2.75, 3.05) is 17.2 Å². The summed E-state index contributed by atoms with van der Waals surface area (Å²) in [5, 5.41) is 0. The molecule has 1 aromatic carbocycles. The number of hydrogen-bond acceptors (Lipinski definition) is 4. The molecule has 0 radical (unpaired) electrons. The third-order valence-corrected chi connectivity index (χ3v) is 6.16. The number of nitrogens with one attached hydrogen (secondary N) is 1. The molecule has 4 nitrogen and oxygen atoms in total. The van der Waals surface area contributed by atoms with Crippen molar-refractivity contribution in [1.82, 2.24) is 4.72 Å². The van der Waals surface area contributed by atoms with E-state index in [0.29, 0.717) is 10.2 Å². The summed E-state index contributed by atoms with van der Waals surface area (Å²) >= 11 is 4.99. The van der Waals surface area contributed by atoms with Gasteiger partial charge in [0.05, 0.1) is 4.90 Å². The molecule has 1 aliphatic rings. The fraction of sp³-hybridized carbons (Fsp3) is 0.400. The zero-order valence-corrected chi connectivity index (χ0v) is 12.2. The normalized spacial score (nSPS) is 20.6. The van der Waals surface area contributed by atoms with Crippen molar-refractivity contribution < 1.29 is 8.42 Å². The predicted molar refractivity (Wildman–Crippen MR) is 74.6 cm³/mol. The lowest BCUT2D eigenvalue weighted by atomic mass is 10.3. The maximum absolute atomic E-state index is 12.1. The Morgan fingerprint density at radius 1 is 1.47 bits per heavy atom. The van der Waals surface area contributed by atoms with Crippen LogP contribution < -0.4 is 10.5 Å². The molecule has 1 aromatic rings. The van der Waals surface area contributed by atoms with Gasteiger partial charge >= 0.3 is 0 Å². The van der Waals surface area contributed by atoms with E-state index in [1.54, 1.807) is 23.9 Å². The van der Waals surface area contributed by atoms with Crippen molar-refractivity contribution in [3.05, 3.63) is 22.7 Å². The third-order valence-electron chi connectivity index (χ3n) is 2.50. The summed E-state index contributed by atoms with van der Waals surface area (Å²) in [6.45, 7) is 0. The van der Waals surface area contributed by atoms with E-state index in [-0.39, 0.29) is 10.9 Å². The second-order valence-corrected chi connectivity index (χ2v) is 7.56. The van der Waals surface area contributed by atoms with E-state index in [1.807, 2.05) is 0 Å². The highest BCUT2D eigenvalue weighted by Crippen LogP contribution is 2.26. The van der Waals surface area contributed by atoms with Gasteiger partial charge in [0.25, 0.3) is 0 Å². The van der Waals surface area contributed by atoms with E-state index in [0.717, 1.165) is 17.9 Å². The van der Waals surface area contributed by atoms with E-state index < -0.39 is 10.0 Å². The fourth-order valence-electron chi connectivity index (χ4n) is 1.65.